The Balaban J connectivity index is 1.94. The minimum Gasteiger partial charge on any atom is -0.394 e. The lowest BCUT2D eigenvalue weighted by molar-refractivity contribution is 0.186. The van der Waals surface area contributed by atoms with Crippen molar-refractivity contribution in [1.82, 2.24) is 5.32 Å². The first kappa shape index (κ1) is 8.97. The smallest absolute Gasteiger partial charge is 0.0613 e. The Morgan fingerprint density at radius 1 is 1.55 bits per heavy atom. The summed E-state index contributed by atoms with van der Waals surface area (Å²) in [5.41, 5.74) is 0.0910. The molecule has 0 spiro atoms. The Bertz CT molecular complexity index is 113. The molecule has 0 unspecified atom stereocenters. The van der Waals surface area contributed by atoms with E-state index in [1.54, 1.807) is 7.11 Å². The molecule has 0 aliphatic heterocycles. The predicted molar refractivity (Wildman–Crippen MR) is 43.5 cm³/mol. The summed E-state index contributed by atoms with van der Waals surface area (Å²) in [6.45, 7) is 2.03. The molecule has 1 aliphatic rings. The zero-order valence-electron chi connectivity index (χ0n) is 7.10. The molecule has 11 heavy (non-hydrogen) atoms. The molecule has 3 heteroatoms. The van der Waals surface area contributed by atoms with Gasteiger partial charge in [-0.1, -0.05) is 0 Å². The minimum absolute atomic E-state index is 0.0910. The number of aliphatic hydroxyl groups is 1. The van der Waals surface area contributed by atoms with Crippen LogP contribution in [0.15, 0.2) is 0 Å². The number of hydrogen-bond acceptors (Lipinski definition) is 3. The second kappa shape index (κ2) is 4.04. The van der Waals surface area contributed by atoms with Crippen LogP contribution in [0.2, 0.25) is 0 Å². The third kappa shape index (κ3) is 2.77. The van der Waals surface area contributed by atoms with Crippen molar-refractivity contribution >= 4 is 0 Å². The Morgan fingerprint density at radius 3 is 2.73 bits per heavy atom. The highest BCUT2D eigenvalue weighted by Gasteiger charge is 2.40. The highest BCUT2D eigenvalue weighted by molar-refractivity contribution is 5.01. The first-order valence-electron chi connectivity index (χ1n) is 4.18. The highest BCUT2D eigenvalue weighted by Crippen LogP contribution is 2.34. The predicted octanol–water partition coefficient (Wildman–Crippen LogP) is 0.137. The van der Waals surface area contributed by atoms with E-state index < -0.39 is 0 Å². The third-order valence-electron chi connectivity index (χ3n) is 2.18. The molecule has 0 radical (unpaired) electrons. The molecule has 3 nitrogen and oxygen atoms in total. The number of nitrogens with one attached hydrogen (secondary N) is 1. The van der Waals surface area contributed by atoms with Crippen molar-refractivity contribution in [2.45, 2.75) is 24.8 Å². The molecular formula is C8H17NO2. The van der Waals surface area contributed by atoms with Crippen LogP contribution in [0.3, 0.4) is 0 Å². The molecule has 0 aromatic carbocycles. The van der Waals surface area contributed by atoms with Gasteiger partial charge in [-0.05, 0) is 25.8 Å². The van der Waals surface area contributed by atoms with E-state index >= 15 is 0 Å². The van der Waals surface area contributed by atoms with Crippen LogP contribution in [-0.2, 0) is 4.74 Å². The maximum absolute atomic E-state index is 8.92. The molecule has 0 saturated heterocycles. The van der Waals surface area contributed by atoms with E-state index in [4.69, 9.17) is 9.84 Å². The third-order valence-corrected chi connectivity index (χ3v) is 2.18. The molecular weight excluding hydrogens is 142 g/mol. The average Bonchev–Trinajstić information content (AvgIpc) is 2.80. The molecule has 0 amide bonds. The Kier molecular flexibility index (Phi) is 3.30. The molecule has 0 atom stereocenters. The van der Waals surface area contributed by atoms with Gasteiger partial charge in [0.05, 0.1) is 6.61 Å². The number of hydrogen-bond donors (Lipinski definition) is 2. The van der Waals surface area contributed by atoms with Gasteiger partial charge in [0, 0.05) is 19.3 Å². The van der Waals surface area contributed by atoms with E-state index in [1.165, 1.54) is 0 Å². The SMILES string of the molecule is COCCCNC1(CO)CC1. The standard InChI is InChI=1S/C8H17NO2/c1-11-6-2-5-9-8(7-10)3-4-8/h9-10H,2-7H2,1H3. The normalized spacial score (nSPS) is 20.2. The zero-order valence-corrected chi connectivity index (χ0v) is 7.10. The first-order valence-corrected chi connectivity index (χ1v) is 4.18. The van der Waals surface area contributed by atoms with E-state index in [2.05, 4.69) is 5.32 Å². The molecule has 1 rings (SSSR count). The van der Waals surface area contributed by atoms with E-state index in [1.807, 2.05) is 0 Å². The van der Waals surface area contributed by atoms with Crippen molar-refractivity contribution in [2.75, 3.05) is 26.9 Å². The quantitative estimate of drug-likeness (QED) is 0.542. The molecule has 1 saturated carbocycles. The van der Waals surface area contributed by atoms with Crippen molar-refractivity contribution in [2.24, 2.45) is 0 Å². The first-order chi connectivity index (χ1) is 5.33. The van der Waals surface area contributed by atoms with Gasteiger partial charge < -0.3 is 15.2 Å². The van der Waals surface area contributed by atoms with Crippen LogP contribution in [0.4, 0.5) is 0 Å². The van der Waals surface area contributed by atoms with Gasteiger partial charge in [0.1, 0.15) is 0 Å². The van der Waals surface area contributed by atoms with Gasteiger partial charge in [-0.3, -0.25) is 0 Å². The van der Waals surface area contributed by atoms with Crippen molar-refractivity contribution in [1.29, 1.82) is 0 Å². The fraction of sp³-hybridized carbons (Fsp3) is 1.00. The van der Waals surface area contributed by atoms with Crippen LogP contribution in [-0.4, -0.2) is 37.5 Å². The monoisotopic (exact) mass is 159 g/mol. The Morgan fingerprint density at radius 2 is 2.27 bits per heavy atom. The number of ether oxygens (including phenoxy) is 1. The van der Waals surface area contributed by atoms with Crippen LogP contribution in [0.1, 0.15) is 19.3 Å². The number of rotatable bonds is 6. The zero-order chi connectivity index (χ0) is 8.16. The van der Waals surface area contributed by atoms with Crippen molar-refractivity contribution in [3.8, 4) is 0 Å². The Hall–Kier alpha value is -0.120. The van der Waals surface area contributed by atoms with Gasteiger partial charge in [0.25, 0.3) is 0 Å². The van der Waals surface area contributed by atoms with Crippen LogP contribution in [0, 0.1) is 0 Å². The van der Waals surface area contributed by atoms with Crippen molar-refractivity contribution in [3.63, 3.8) is 0 Å². The average molecular weight is 159 g/mol. The summed E-state index contributed by atoms with van der Waals surface area (Å²) in [5.74, 6) is 0. The lowest BCUT2D eigenvalue weighted by atomic mass is 10.3. The highest BCUT2D eigenvalue weighted by atomic mass is 16.5. The summed E-state index contributed by atoms with van der Waals surface area (Å²) in [5, 5.41) is 12.2. The summed E-state index contributed by atoms with van der Waals surface area (Å²) in [6, 6.07) is 0. The topological polar surface area (TPSA) is 41.5 Å². The van der Waals surface area contributed by atoms with Crippen molar-refractivity contribution in [3.05, 3.63) is 0 Å². The summed E-state index contributed by atoms with van der Waals surface area (Å²) in [4.78, 5) is 0. The number of aliphatic hydroxyl groups excluding tert-OH is 1. The molecule has 2 N–H and O–H groups in total. The summed E-state index contributed by atoms with van der Waals surface area (Å²) in [7, 11) is 1.71. The molecule has 0 aromatic rings. The molecule has 1 aliphatic carbocycles. The van der Waals surface area contributed by atoms with Gasteiger partial charge >= 0.3 is 0 Å². The van der Waals surface area contributed by atoms with Crippen LogP contribution in [0.5, 0.6) is 0 Å². The number of methoxy groups -OCH3 is 1. The van der Waals surface area contributed by atoms with Gasteiger partial charge in [-0.25, -0.2) is 0 Å². The van der Waals surface area contributed by atoms with Crippen molar-refractivity contribution < 1.29 is 9.84 Å². The van der Waals surface area contributed by atoms with E-state index in [9.17, 15) is 0 Å². The van der Waals surface area contributed by atoms with E-state index in [-0.39, 0.29) is 12.1 Å². The second-order valence-corrected chi connectivity index (χ2v) is 3.21. The van der Waals surface area contributed by atoms with Crippen LogP contribution >= 0.6 is 0 Å². The van der Waals surface area contributed by atoms with E-state index in [0.717, 1.165) is 32.4 Å². The van der Waals surface area contributed by atoms with Gasteiger partial charge in [-0.15, -0.1) is 0 Å². The van der Waals surface area contributed by atoms with E-state index in [0.29, 0.717) is 0 Å². The van der Waals surface area contributed by atoms with Gasteiger partial charge in [0.2, 0.25) is 0 Å². The molecule has 0 bridgehead atoms. The summed E-state index contributed by atoms with van der Waals surface area (Å²) >= 11 is 0. The van der Waals surface area contributed by atoms with Crippen LogP contribution in [0.25, 0.3) is 0 Å². The molecule has 0 heterocycles. The lowest BCUT2D eigenvalue weighted by Gasteiger charge is -2.13. The summed E-state index contributed by atoms with van der Waals surface area (Å²) in [6.07, 6.45) is 3.27. The summed E-state index contributed by atoms with van der Waals surface area (Å²) < 4.78 is 4.91. The molecule has 1 fully saturated rings. The fourth-order valence-electron chi connectivity index (χ4n) is 1.11. The fourth-order valence-corrected chi connectivity index (χ4v) is 1.11. The second-order valence-electron chi connectivity index (χ2n) is 3.21. The molecule has 66 valence electrons. The molecule has 0 aromatic heterocycles. The largest absolute Gasteiger partial charge is 0.394 e. The van der Waals surface area contributed by atoms with Gasteiger partial charge in [0.15, 0.2) is 0 Å². The maximum atomic E-state index is 8.92. The van der Waals surface area contributed by atoms with Gasteiger partial charge in [-0.2, -0.15) is 0 Å². The maximum Gasteiger partial charge on any atom is 0.0613 e. The minimum atomic E-state index is 0.0910. The Labute approximate surface area is 67.7 Å². The van der Waals surface area contributed by atoms with Crippen LogP contribution < -0.4 is 5.32 Å². The lowest BCUT2D eigenvalue weighted by Crippen LogP contribution is -2.35.